The van der Waals surface area contributed by atoms with Crippen molar-refractivity contribution in [1.29, 1.82) is 0 Å². The molecule has 0 spiro atoms. The van der Waals surface area contributed by atoms with Gasteiger partial charge in [-0.3, -0.25) is 0 Å². The molecular formula is C64H52N2. The summed E-state index contributed by atoms with van der Waals surface area (Å²) in [6, 6.07) is 93.4. The van der Waals surface area contributed by atoms with Gasteiger partial charge in [0.25, 0.3) is 0 Å². The van der Waals surface area contributed by atoms with E-state index in [1.165, 1.54) is 77.6 Å². The van der Waals surface area contributed by atoms with Crippen LogP contribution in [0.15, 0.2) is 261 Å². The maximum absolute atomic E-state index is 2.40. The second kappa shape index (κ2) is 18.5. The Balaban J connectivity index is 0.000000791. The summed E-state index contributed by atoms with van der Waals surface area (Å²) in [4.78, 5) is 2.31. The standard InChI is InChI=1S/C58H46N2.C6H6/c1-58(2,3)49-32-38-57-55(40-49)54-39-48(31-37-56(54)60(57)51-17-11-6-12-18-51)47-25-23-43(24-26-47)42-19-21-44(22-20-42)46-29-35-53(36-30-46)59(50-15-9-5-10-16-50)52-33-27-45(28-34-52)41-13-7-4-8-14-41;1-2-4-6-5-3-1/h4-40H,1-3H3;1-6H. The molecular weight excluding hydrogens is 797 g/mol. The molecule has 0 atom stereocenters. The third-order valence-corrected chi connectivity index (χ3v) is 12.5. The molecule has 0 radical (unpaired) electrons. The highest BCUT2D eigenvalue weighted by Gasteiger charge is 2.19. The van der Waals surface area contributed by atoms with E-state index in [4.69, 9.17) is 0 Å². The molecule has 0 aliphatic carbocycles. The average molecular weight is 849 g/mol. The van der Waals surface area contributed by atoms with Crippen LogP contribution < -0.4 is 4.90 Å². The van der Waals surface area contributed by atoms with Crippen LogP contribution in [-0.2, 0) is 5.41 Å². The highest BCUT2D eigenvalue weighted by molar-refractivity contribution is 6.10. The molecule has 0 N–H and O–H groups in total. The summed E-state index contributed by atoms with van der Waals surface area (Å²) in [6.45, 7) is 6.86. The maximum Gasteiger partial charge on any atom is 0.0541 e. The fraction of sp³-hybridized carbons (Fsp3) is 0.0625. The molecule has 0 unspecified atom stereocenters. The van der Waals surface area contributed by atoms with E-state index in [1.54, 1.807) is 0 Å². The normalized spacial score (nSPS) is 11.3. The minimum absolute atomic E-state index is 0.0628. The summed E-state index contributed by atoms with van der Waals surface area (Å²) >= 11 is 0. The predicted octanol–water partition coefficient (Wildman–Crippen LogP) is 17.9. The molecule has 2 nitrogen and oxygen atoms in total. The number of para-hydroxylation sites is 2. The molecule has 0 aliphatic rings. The van der Waals surface area contributed by atoms with Gasteiger partial charge in [0.05, 0.1) is 11.0 Å². The second-order valence-electron chi connectivity index (χ2n) is 17.8. The van der Waals surface area contributed by atoms with Crippen molar-refractivity contribution in [1.82, 2.24) is 4.57 Å². The van der Waals surface area contributed by atoms with Gasteiger partial charge in [0.2, 0.25) is 0 Å². The van der Waals surface area contributed by atoms with Gasteiger partial charge in [0, 0.05) is 33.5 Å². The zero-order chi connectivity index (χ0) is 44.9. The molecule has 10 aromatic carbocycles. The van der Waals surface area contributed by atoms with E-state index >= 15 is 0 Å². The van der Waals surface area contributed by atoms with Crippen LogP contribution in [0.5, 0.6) is 0 Å². The van der Waals surface area contributed by atoms with E-state index in [-0.39, 0.29) is 5.41 Å². The number of hydrogen-bond donors (Lipinski definition) is 0. The number of aromatic nitrogens is 1. The molecule has 0 amide bonds. The predicted molar refractivity (Wildman–Crippen MR) is 282 cm³/mol. The largest absolute Gasteiger partial charge is 0.311 e. The van der Waals surface area contributed by atoms with Crippen LogP contribution in [0.1, 0.15) is 26.3 Å². The zero-order valence-corrected chi connectivity index (χ0v) is 37.7. The molecule has 0 aliphatic heterocycles. The SMILES string of the molecule is CC(C)(C)c1ccc2c(c1)c1cc(-c3ccc(-c4ccc(-c5ccc(N(c6ccccc6)c6ccc(-c7ccccc7)cc6)cc5)cc4)cc3)ccc1n2-c1ccccc1.c1ccccc1. The molecule has 11 rings (SSSR count). The van der Waals surface area contributed by atoms with Gasteiger partial charge in [-0.05, 0) is 128 Å². The van der Waals surface area contributed by atoms with Crippen molar-refractivity contribution >= 4 is 38.9 Å². The van der Waals surface area contributed by atoms with Crippen LogP contribution in [-0.4, -0.2) is 4.57 Å². The average Bonchev–Trinajstić information content (AvgIpc) is 3.71. The fourth-order valence-corrected chi connectivity index (χ4v) is 8.88. The smallest absolute Gasteiger partial charge is 0.0541 e. The number of anilines is 3. The number of fused-ring (bicyclic) bond motifs is 3. The molecule has 0 saturated heterocycles. The van der Waals surface area contributed by atoms with E-state index in [9.17, 15) is 0 Å². The first-order valence-corrected chi connectivity index (χ1v) is 22.8. The van der Waals surface area contributed by atoms with Gasteiger partial charge in [-0.15, -0.1) is 0 Å². The van der Waals surface area contributed by atoms with E-state index in [0.717, 1.165) is 17.1 Å². The summed E-state index contributed by atoms with van der Waals surface area (Å²) in [5, 5.41) is 2.56. The van der Waals surface area contributed by atoms with E-state index in [0.29, 0.717) is 0 Å². The van der Waals surface area contributed by atoms with Crippen molar-refractivity contribution in [3.8, 4) is 50.2 Å². The lowest BCUT2D eigenvalue weighted by Crippen LogP contribution is -2.10. The van der Waals surface area contributed by atoms with Crippen molar-refractivity contribution in [2.45, 2.75) is 26.2 Å². The maximum atomic E-state index is 2.40. The van der Waals surface area contributed by atoms with Gasteiger partial charge in [-0.1, -0.05) is 209 Å². The lowest BCUT2D eigenvalue weighted by molar-refractivity contribution is 0.591. The van der Waals surface area contributed by atoms with E-state index in [1.807, 2.05) is 36.4 Å². The van der Waals surface area contributed by atoms with Crippen molar-refractivity contribution in [3.63, 3.8) is 0 Å². The summed E-state index contributed by atoms with van der Waals surface area (Å²) in [7, 11) is 0. The van der Waals surface area contributed by atoms with Gasteiger partial charge >= 0.3 is 0 Å². The molecule has 1 aromatic heterocycles. The third kappa shape index (κ3) is 8.82. The third-order valence-electron chi connectivity index (χ3n) is 12.5. The monoisotopic (exact) mass is 848 g/mol. The molecule has 2 heteroatoms. The first kappa shape index (κ1) is 41.8. The van der Waals surface area contributed by atoms with Crippen molar-refractivity contribution in [2.24, 2.45) is 0 Å². The fourth-order valence-electron chi connectivity index (χ4n) is 8.88. The molecule has 0 bridgehead atoms. The highest BCUT2D eigenvalue weighted by atomic mass is 15.1. The van der Waals surface area contributed by atoms with Crippen LogP contribution in [0, 0.1) is 0 Å². The molecule has 0 fully saturated rings. The van der Waals surface area contributed by atoms with Crippen LogP contribution in [0.3, 0.4) is 0 Å². The Morgan fingerprint density at radius 2 is 0.606 bits per heavy atom. The quantitative estimate of drug-likeness (QED) is 0.148. The van der Waals surface area contributed by atoms with E-state index < -0.39 is 0 Å². The first-order valence-electron chi connectivity index (χ1n) is 22.8. The lowest BCUT2D eigenvalue weighted by Gasteiger charge is -2.26. The summed E-state index contributed by atoms with van der Waals surface area (Å²) in [5.74, 6) is 0. The number of benzene rings is 10. The number of rotatable bonds is 8. The lowest BCUT2D eigenvalue weighted by atomic mass is 9.86. The van der Waals surface area contributed by atoms with Crippen LogP contribution in [0.2, 0.25) is 0 Å². The Morgan fingerprint density at radius 1 is 0.288 bits per heavy atom. The van der Waals surface area contributed by atoms with Crippen LogP contribution >= 0.6 is 0 Å². The Hall–Kier alpha value is -8.20. The minimum atomic E-state index is 0.0628. The van der Waals surface area contributed by atoms with Gasteiger partial charge in [-0.25, -0.2) is 0 Å². The molecule has 11 aromatic rings. The Bertz CT molecular complexity index is 3280. The van der Waals surface area contributed by atoms with Gasteiger partial charge in [0.15, 0.2) is 0 Å². The van der Waals surface area contributed by atoms with Gasteiger partial charge in [-0.2, -0.15) is 0 Å². The highest BCUT2D eigenvalue weighted by Crippen LogP contribution is 2.39. The Kier molecular flexibility index (Phi) is 11.7. The first-order chi connectivity index (χ1) is 32.4. The summed E-state index contributed by atoms with van der Waals surface area (Å²) < 4.78 is 2.40. The minimum Gasteiger partial charge on any atom is -0.311 e. The molecule has 0 saturated carbocycles. The second-order valence-corrected chi connectivity index (χ2v) is 17.8. The van der Waals surface area contributed by atoms with Crippen LogP contribution in [0.25, 0.3) is 72.0 Å². The van der Waals surface area contributed by atoms with Crippen LogP contribution in [0.4, 0.5) is 17.1 Å². The molecule has 318 valence electrons. The van der Waals surface area contributed by atoms with Gasteiger partial charge in [0.1, 0.15) is 0 Å². The molecule has 1 heterocycles. The Labute approximate surface area is 389 Å². The Morgan fingerprint density at radius 3 is 1.06 bits per heavy atom. The molecule has 66 heavy (non-hydrogen) atoms. The van der Waals surface area contributed by atoms with Crippen molar-refractivity contribution in [2.75, 3.05) is 4.90 Å². The summed E-state index contributed by atoms with van der Waals surface area (Å²) in [5.41, 5.74) is 18.0. The van der Waals surface area contributed by atoms with Gasteiger partial charge < -0.3 is 9.47 Å². The van der Waals surface area contributed by atoms with Crippen molar-refractivity contribution in [3.05, 3.63) is 266 Å². The van der Waals surface area contributed by atoms with E-state index in [2.05, 4.69) is 255 Å². The topological polar surface area (TPSA) is 8.17 Å². The van der Waals surface area contributed by atoms with Crippen molar-refractivity contribution < 1.29 is 0 Å². The number of nitrogens with zero attached hydrogens (tertiary/aromatic N) is 2. The summed E-state index contributed by atoms with van der Waals surface area (Å²) in [6.07, 6.45) is 0. The number of hydrogen-bond acceptors (Lipinski definition) is 1. The zero-order valence-electron chi connectivity index (χ0n) is 37.7.